The topological polar surface area (TPSA) is 95.1 Å². The highest BCUT2D eigenvalue weighted by atomic mass is 35.5. The summed E-state index contributed by atoms with van der Waals surface area (Å²) in [4.78, 5) is 24.2. The molecule has 3 N–H and O–H groups in total. The van der Waals surface area contributed by atoms with Gasteiger partial charge in [-0.1, -0.05) is 17.7 Å². The third-order valence-electron chi connectivity index (χ3n) is 5.23. The molecule has 1 aliphatic rings. The number of Topliss-reactive ketones (excluding diaryl/α,β-unsaturated/α-hetero) is 1. The molecule has 0 amide bonds. The molecule has 1 unspecified atom stereocenters. The summed E-state index contributed by atoms with van der Waals surface area (Å²) in [5.74, 6) is -4.00. The molecule has 0 spiro atoms. The molecule has 0 saturated carbocycles. The number of hydrogen-bond acceptors (Lipinski definition) is 4. The Hall–Kier alpha value is -3.40. The van der Waals surface area contributed by atoms with E-state index in [2.05, 4.69) is 15.5 Å². The van der Waals surface area contributed by atoms with Crippen molar-refractivity contribution in [1.82, 2.24) is 10.2 Å². The van der Waals surface area contributed by atoms with E-state index >= 15 is 0 Å². The second-order valence-electron chi connectivity index (χ2n) is 7.15. The molecule has 0 radical (unpaired) electrons. The summed E-state index contributed by atoms with van der Waals surface area (Å²) >= 11 is 5.98. The number of nitrogens with one attached hydrogen (secondary N) is 2. The van der Waals surface area contributed by atoms with Crippen LogP contribution in [0.2, 0.25) is 5.02 Å². The van der Waals surface area contributed by atoms with Gasteiger partial charge in [-0.05, 0) is 36.8 Å². The van der Waals surface area contributed by atoms with E-state index in [1.54, 1.807) is 0 Å². The van der Waals surface area contributed by atoms with Gasteiger partial charge in [0.25, 0.3) is 0 Å². The third kappa shape index (κ3) is 3.70. The number of carboxylic acids is 1. The van der Waals surface area contributed by atoms with Gasteiger partial charge in [0, 0.05) is 17.7 Å². The number of carboxylic acid groups (broad SMARTS) is 1. The van der Waals surface area contributed by atoms with Gasteiger partial charge in [-0.25, -0.2) is 9.18 Å². The number of benzene rings is 2. The molecule has 1 aromatic heterocycles. The quantitative estimate of drug-likeness (QED) is 0.354. The fourth-order valence-electron chi connectivity index (χ4n) is 3.75. The van der Waals surface area contributed by atoms with Crippen LogP contribution in [0.4, 0.5) is 23.2 Å². The van der Waals surface area contributed by atoms with Crippen molar-refractivity contribution in [3.8, 4) is 11.3 Å². The first-order chi connectivity index (χ1) is 15.1. The van der Waals surface area contributed by atoms with Crippen molar-refractivity contribution in [2.45, 2.75) is 18.5 Å². The van der Waals surface area contributed by atoms with Gasteiger partial charge >= 0.3 is 12.1 Å². The Morgan fingerprint density at radius 3 is 2.59 bits per heavy atom. The zero-order chi connectivity index (χ0) is 23.2. The number of carbonyl (C=O) groups is 2. The van der Waals surface area contributed by atoms with E-state index in [9.17, 15) is 27.2 Å². The van der Waals surface area contributed by atoms with Crippen LogP contribution in [0.25, 0.3) is 11.3 Å². The van der Waals surface area contributed by atoms with Gasteiger partial charge in [0.2, 0.25) is 0 Å². The van der Waals surface area contributed by atoms with Gasteiger partial charge in [0.1, 0.15) is 11.5 Å². The van der Waals surface area contributed by atoms with E-state index in [1.165, 1.54) is 18.2 Å². The van der Waals surface area contributed by atoms with Crippen molar-refractivity contribution in [1.29, 1.82) is 0 Å². The Labute approximate surface area is 183 Å². The predicted molar refractivity (Wildman–Crippen MR) is 108 cm³/mol. The average molecular weight is 468 g/mol. The number of hydrogen-bond donors (Lipinski definition) is 3. The summed E-state index contributed by atoms with van der Waals surface area (Å²) in [6.07, 6.45) is -4.61. The van der Waals surface area contributed by atoms with Crippen molar-refractivity contribution < 1.29 is 32.3 Å². The number of H-pyrrole nitrogens is 1. The highest BCUT2D eigenvalue weighted by Gasteiger charge is 2.40. The summed E-state index contributed by atoms with van der Waals surface area (Å²) in [5, 5.41) is 18.3. The van der Waals surface area contributed by atoms with Crippen LogP contribution in [0.5, 0.6) is 0 Å². The summed E-state index contributed by atoms with van der Waals surface area (Å²) in [7, 11) is 0. The summed E-state index contributed by atoms with van der Waals surface area (Å²) in [6.45, 7) is 0.219. The smallest absolute Gasteiger partial charge is 0.417 e. The number of aromatic carboxylic acids is 1. The highest BCUT2D eigenvalue weighted by molar-refractivity contribution is 6.34. The predicted octanol–water partition coefficient (Wildman–Crippen LogP) is 5.37. The number of nitrogens with zero attached hydrogens (tertiary/aromatic N) is 1. The minimum atomic E-state index is -4.78. The molecule has 166 valence electrons. The molecule has 32 heavy (non-hydrogen) atoms. The molecule has 2 heterocycles. The van der Waals surface area contributed by atoms with Crippen LogP contribution < -0.4 is 5.32 Å². The number of aromatic amines is 1. The second-order valence-corrected chi connectivity index (χ2v) is 7.56. The Bertz CT molecular complexity index is 1240. The SMILES string of the molecule is O=C(O)c1ccc(-c2n[nH]c3c2NCCC3C(=O)c2c(Cl)cccc2C(F)(F)F)c(F)c1. The Morgan fingerprint density at radius 2 is 1.94 bits per heavy atom. The molecule has 1 atom stereocenters. The van der Waals surface area contributed by atoms with Gasteiger partial charge in [0.15, 0.2) is 5.78 Å². The van der Waals surface area contributed by atoms with Crippen LogP contribution in [0.1, 0.15) is 44.3 Å². The molecule has 6 nitrogen and oxygen atoms in total. The summed E-state index contributed by atoms with van der Waals surface area (Å²) in [6, 6.07) is 6.39. The minimum absolute atomic E-state index is 0.0261. The molecule has 0 bridgehead atoms. The number of halogens is 5. The van der Waals surface area contributed by atoms with Crippen LogP contribution in [-0.4, -0.2) is 33.6 Å². The first-order valence-corrected chi connectivity index (χ1v) is 9.72. The molecule has 0 aliphatic carbocycles. The maximum Gasteiger partial charge on any atom is 0.417 e. The van der Waals surface area contributed by atoms with Crippen molar-refractivity contribution in [2.75, 3.05) is 11.9 Å². The van der Waals surface area contributed by atoms with Gasteiger partial charge in [-0.3, -0.25) is 9.89 Å². The number of carbonyl (C=O) groups excluding carboxylic acids is 1. The largest absolute Gasteiger partial charge is 0.478 e. The van der Waals surface area contributed by atoms with E-state index in [1.807, 2.05) is 0 Å². The normalized spacial score (nSPS) is 15.7. The van der Waals surface area contributed by atoms with Crippen molar-refractivity contribution in [3.05, 3.63) is 69.6 Å². The Kier molecular flexibility index (Phi) is 5.41. The molecule has 11 heteroatoms. The molecule has 0 fully saturated rings. The molecule has 0 saturated heterocycles. The van der Waals surface area contributed by atoms with Crippen molar-refractivity contribution in [3.63, 3.8) is 0 Å². The Morgan fingerprint density at radius 1 is 1.19 bits per heavy atom. The lowest BCUT2D eigenvalue weighted by molar-refractivity contribution is -0.137. The van der Waals surface area contributed by atoms with E-state index in [-0.39, 0.29) is 46.2 Å². The molecular formula is C21H14ClF4N3O3. The zero-order valence-electron chi connectivity index (χ0n) is 16.1. The van der Waals surface area contributed by atoms with Crippen molar-refractivity contribution >= 4 is 29.0 Å². The number of ketones is 1. The molecule has 3 aromatic rings. The van der Waals surface area contributed by atoms with Gasteiger partial charge in [-0.2, -0.15) is 18.3 Å². The lowest BCUT2D eigenvalue weighted by Crippen LogP contribution is -2.25. The maximum atomic E-state index is 14.5. The Balaban J connectivity index is 1.77. The van der Waals surface area contributed by atoms with Gasteiger partial charge < -0.3 is 10.4 Å². The standard InChI is InChI=1S/C21H14ClF4N3O3/c22-13-3-1-2-12(21(24,25)26)15(13)19(30)11-6-7-27-18-16(28-29-17(11)18)10-5-4-9(20(31)32)8-14(10)23/h1-5,8,11,27H,6-7H2,(H,28,29)(H,31,32). The van der Waals surface area contributed by atoms with Crippen LogP contribution in [-0.2, 0) is 6.18 Å². The third-order valence-corrected chi connectivity index (χ3v) is 5.55. The lowest BCUT2D eigenvalue weighted by Gasteiger charge is -2.24. The second kappa shape index (κ2) is 7.94. The number of aromatic nitrogens is 2. The summed E-state index contributed by atoms with van der Waals surface area (Å²) < 4.78 is 55.0. The highest BCUT2D eigenvalue weighted by Crippen LogP contribution is 2.42. The molecular weight excluding hydrogens is 454 g/mol. The number of fused-ring (bicyclic) bond motifs is 1. The van der Waals surface area contributed by atoms with Crippen LogP contribution in [0.15, 0.2) is 36.4 Å². The van der Waals surface area contributed by atoms with Gasteiger partial charge in [0.05, 0.1) is 33.4 Å². The maximum absolute atomic E-state index is 14.5. The fraction of sp³-hybridized carbons (Fsp3) is 0.190. The molecule has 4 rings (SSSR count). The van der Waals surface area contributed by atoms with Crippen LogP contribution in [0, 0.1) is 5.82 Å². The minimum Gasteiger partial charge on any atom is -0.478 e. The lowest BCUT2D eigenvalue weighted by atomic mass is 9.86. The zero-order valence-corrected chi connectivity index (χ0v) is 16.8. The monoisotopic (exact) mass is 467 g/mol. The van der Waals surface area contributed by atoms with E-state index < -0.39 is 40.8 Å². The molecule has 1 aliphatic heterocycles. The average Bonchev–Trinajstić information content (AvgIpc) is 3.16. The summed E-state index contributed by atoms with van der Waals surface area (Å²) in [5.41, 5.74) is -1.50. The van der Waals surface area contributed by atoms with Crippen LogP contribution in [0.3, 0.4) is 0 Å². The van der Waals surface area contributed by atoms with Crippen molar-refractivity contribution in [2.24, 2.45) is 0 Å². The van der Waals surface area contributed by atoms with Gasteiger partial charge in [-0.15, -0.1) is 0 Å². The molecule has 2 aromatic carbocycles. The number of rotatable bonds is 4. The van der Waals surface area contributed by atoms with E-state index in [0.29, 0.717) is 0 Å². The number of alkyl halides is 3. The fourth-order valence-corrected chi connectivity index (χ4v) is 4.02. The van der Waals surface area contributed by atoms with E-state index in [4.69, 9.17) is 16.7 Å². The van der Waals surface area contributed by atoms with Crippen LogP contribution >= 0.6 is 11.6 Å². The number of anilines is 1. The first-order valence-electron chi connectivity index (χ1n) is 9.35. The van der Waals surface area contributed by atoms with E-state index in [0.717, 1.165) is 18.2 Å². The first kappa shape index (κ1) is 21.8.